The van der Waals surface area contributed by atoms with E-state index in [-0.39, 0.29) is 15.5 Å². The second-order valence-corrected chi connectivity index (χ2v) is 11.3. The number of ether oxygens (including phenoxy) is 4. The summed E-state index contributed by atoms with van der Waals surface area (Å²) in [5.41, 5.74) is -1.62. The van der Waals surface area contributed by atoms with Crippen molar-refractivity contribution in [3.05, 3.63) is 50.0 Å². The molecule has 18 heteroatoms. The molecule has 0 bridgehead atoms. The number of H-pyrrole nitrogens is 1. The van der Waals surface area contributed by atoms with Crippen molar-refractivity contribution in [3.63, 3.8) is 0 Å². The van der Waals surface area contributed by atoms with Crippen LogP contribution in [0.5, 0.6) is 0 Å². The van der Waals surface area contributed by atoms with Gasteiger partial charge in [0.2, 0.25) is 0 Å². The molecule has 3 heterocycles. The number of hydrogen-bond acceptors (Lipinski definition) is 12. The summed E-state index contributed by atoms with van der Waals surface area (Å²) in [7, 11) is 0. The highest BCUT2D eigenvalue weighted by atomic mass is 35.5. The van der Waals surface area contributed by atoms with Crippen LogP contribution in [0.15, 0.2) is 39.5 Å². The van der Waals surface area contributed by atoms with E-state index in [4.69, 9.17) is 30.5 Å². The molecule has 0 radical (unpaired) electrons. The molecule has 1 aliphatic heterocycles. The van der Waals surface area contributed by atoms with Gasteiger partial charge in [0.1, 0.15) is 29.9 Å². The number of carbonyl (C=O) groups excluding carboxylic acids is 3. The molecule has 3 aromatic rings. The van der Waals surface area contributed by atoms with Gasteiger partial charge in [-0.3, -0.25) is 19.2 Å². The van der Waals surface area contributed by atoms with E-state index in [9.17, 15) is 32.3 Å². The molecule has 0 saturated carbocycles. The number of thioether (sulfide) groups is 1. The van der Waals surface area contributed by atoms with Crippen molar-refractivity contribution in [1.82, 2.24) is 20.0 Å². The Balaban J connectivity index is 1.79. The summed E-state index contributed by atoms with van der Waals surface area (Å²) >= 11 is 7.68. The van der Waals surface area contributed by atoms with Crippen molar-refractivity contribution in [2.45, 2.75) is 61.6 Å². The van der Waals surface area contributed by atoms with Crippen molar-refractivity contribution in [3.8, 4) is 11.4 Å². The van der Waals surface area contributed by atoms with E-state index in [1.807, 2.05) is 0 Å². The second-order valence-electron chi connectivity index (χ2n) is 8.89. The molecule has 1 saturated heterocycles. The maximum absolute atomic E-state index is 13.3. The van der Waals surface area contributed by atoms with Gasteiger partial charge in [-0.25, -0.2) is 4.68 Å². The molecular formula is C24H22ClF3N4O8S2. The van der Waals surface area contributed by atoms with Crippen LogP contribution in [0.25, 0.3) is 11.4 Å². The number of benzene rings is 1. The van der Waals surface area contributed by atoms with E-state index < -0.39 is 71.1 Å². The molecule has 0 amide bonds. The Morgan fingerprint density at radius 3 is 2.40 bits per heavy atom. The first-order valence-corrected chi connectivity index (χ1v) is 14.1. The van der Waals surface area contributed by atoms with Crippen molar-refractivity contribution in [2.24, 2.45) is 0 Å². The van der Waals surface area contributed by atoms with Gasteiger partial charge in [-0.15, -0.1) is 5.10 Å². The van der Waals surface area contributed by atoms with E-state index in [2.05, 4.69) is 15.3 Å². The number of hydrogen-bond donors (Lipinski definition) is 1. The highest BCUT2D eigenvalue weighted by molar-refractivity contribution is 7.99. The number of halogens is 4. The molecule has 4 rings (SSSR count). The summed E-state index contributed by atoms with van der Waals surface area (Å²) in [6, 6.07) is 1.91. The molecule has 0 spiro atoms. The Kier molecular flexibility index (Phi) is 9.64. The molecule has 0 unspecified atom stereocenters. The number of nitrogens with one attached hydrogen (secondary N) is 1. The molecule has 1 aliphatic rings. The Labute approximate surface area is 248 Å². The summed E-state index contributed by atoms with van der Waals surface area (Å²) < 4.78 is 63.5. The summed E-state index contributed by atoms with van der Waals surface area (Å²) in [4.78, 5) is 50.2. The average Bonchev–Trinajstić information content (AvgIpc) is 3.52. The first kappa shape index (κ1) is 31.5. The van der Waals surface area contributed by atoms with Gasteiger partial charge in [-0.2, -0.15) is 13.2 Å². The lowest BCUT2D eigenvalue weighted by molar-refractivity contribution is -0.212. The topological polar surface area (TPSA) is 152 Å². The molecule has 2 aromatic heterocycles. The molecule has 42 heavy (non-hydrogen) atoms. The summed E-state index contributed by atoms with van der Waals surface area (Å²) in [5.74, 6) is -2.17. The lowest BCUT2D eigenvalue weighted by Gasteiger charge is -2.44. The van der Waals surface area contributed by atoms with E-state index in [0.717, 1.165) is 56.0 Å². The van der Waals surface area contributed by atoms with Gasteiger partial charge in [-0.05, 0) is 18.2 Å². The first-order valence-electron chi connectivity index (χ1n) is 12.0. The first-order chi connectivity index (χ1) is 19.7. The smallest absolute Gasteiger partial charge is 0.417 e. The highest BCUT2D eigenvalue weighted by Gasteiger charge is 2.52. The predicted octanol–water partition coefficient (Wildman–Crippen LogP) is 3.85. The van der Waals surface area contributed by atoms with Gasteiger partial charge >= 0.3 is 29.0 Å². The third-order valence-electron chi connectivity index (χ3n) is 5.78. The minimum atomic E-state index is -4.68. The van der Waals surface area contributed by atoms with Gasteiger partial charge < -0.3 is 23.9 Å². The van der Waals surface area contributed by atoms with Gasteiger partial charge in [0.15, 0.2) is 12.2 Å². The lowest BCUT2D eigenvalue weighted by Crippen LogP contribution is -2.57. The van der Waals surface area contributed by atoms with E-state index in [1.54, 1.807) is 0 Å². The lowest BCUT2D eigenvalue weighted by atomic mass is 9.96. The largest absolute Gasteiger partial charge is 0.463 e. The van der Waals surface area contributed by atoms with Crippen LogP contribution >= 0.6 is 34.7 Å². The van der Waals surface area contributed by atoms with Crippen LogP contribution < -0.4 is 4.87 Å². The maximum Gasteiger partial charge on any atom is 0.417 e. The number of thiazole rings is 1. The molecule has 1 N–H and O–H groups in total. The summed E-state index contributed by atoms with van der Waals surface area (Å²) in [6.45, 7) is 3.02. The number of nitrogens with zero attached hydrogens (tertiary/aromatic N) is 3. The number of aromatic amines is 1. The molecule has 5 atom stereocenters. The van der Waals surface area contributed by atoms with Crippen molar-refractivity contribution < 1.29 is 46.5 Å². The third-order valence-corrected chi connectivity index (χ3v) is 7.90. The van der Waals surface area contributed by atoms with Crippen molar-refractivity contribution >= 4 is 52.6 Å². The quantitative estimate of drug-likeness (QED) is 0.280. The van der Waals surface area contributed by atoms with Gasteiger partial charge in [0.05, 0.1) is 22.5 Å². The van der Waals surface area contributed by atoms with Crippen LogP contribution in [-0.2, 0) is 39.5 Å². The van der Waals surface area contributed by atoms with Gasteiger partial charge in [-0.1, -0.05) is 39.9 Å². The SMILES string of the molecule is CC(=O)OC[C@H]1O[C@H](Sc2ccc(C(F)(F)F)c(Cl)c2)[C@H](OC(C)=O)[C@@H](n2cc(-c3csc(=O)[nH]3)nn2)[C@H]1OC(C)=O. The summed E-state index contributed by atoms with van der Waals surface area (Å²) in [6.07, 6.45) is -6.94. The zero-order chi connectivity index (χ0) is 30.8. The summed E-state index contributed by atoms with van der Waals surface area (Å²) in [5, 5.41) is 9.13. The minimum Gasteiger partial charge on any atom is -0.463 e. The van der Waals surface area contributed by atoms with E-state index in [0.29, 0.717) is 5.69 Å². The predicted molar refractivity (Wildman–Crippen MR) is 142 cm³/mol. The minimum absolute atomic E-state index is 0.223. The van der Waals surface area contributed by atoms with E-state index in [1.165, 1.54) is 22.3 Å². The fraction of sp³-hybridized carbons (Fsp3) is 0.417. The van der Waals surface area contributed by atoms with Crippen LogP contribution in [0.1, 0.15) is 32.4 Å². The van der Waals surface area contributed by atoms with Gasteiger partial charge in [0.25, 0.3) is 0 Å². The molecule has 1 fully saturated rings. The zero-order valence-electron chi connectivity index (χ0n) is 21.9. The monoisotopic (exact) mass is 650 g/mol. The van der Waals surface area contributed by atoms with Crippen LogP contribution in [-0.4, -0.2) is 68.2 Å². The second kappa shape index (κ2) is 12.8. The number of rotatable bonds is 8. The van der Waals surface area contributed by atoms with Crippen LogP contribution in [0.4, 0.5) is 13.2 Å². The average molecular weight is 651 g/mol. The molecule has 12 nitrogen and oxygen atoms in total. The number of esters is 3. The Bertz CT molecular complexity index is 1530. The van der Waals surface area contributed by atoms with Gasteiger partial charge in [0, 0.05) is 31.0 Å². The number of carbonyl (C=O) groups is 3. The number of alkyl halides is 3. The maximum atomic E-state index is 13.3. The number of aromatic nitrogens is 4. The highest BCUT2D eigenvalue weighted by Crippen LogP contribution is 2.43. The van der Waals surface area contributed by atoms with Crippen molar-refractivity contribution in [2.75, 3.05) is 6.61 Å². The Morgan fingerprint density at radius 2 is 1.83 bits per heavy atom. The van der Waals surface area contributed by atoms with Crippen LogP contribution in [0, 0.1) is 0 Å². The van der Waals surface area contributed by atoms with Crippen LogP contribution in [0.3, 0.4) is 0 Å². The Hall–Kier alpha value is -3.41. The standard InChI is InChI=1S/C24H22ClF3N4O8S2/c1-10(33)37-8-18-20(38-11(2)34)19(32-7-16(30-31-32)17-9-41-23(36)29-17)21(39-12(3)35)22(40-18)42-13-4-5-14(15(25)6-13)24(26,27)28/h4-7,9,18-22H,8H2,1-3H3,(H,29,36)/t18-,19+,20+,21-,22-/m1/s1. The van der Waals surface area contributed by atoms with Crippen LogP contribution in [0.2, 0.25) is 5.02 Å². The van der Waals surface area contributed by atoms with Crippen molar-refractivity contribution in [1.29, 1.82) is 0 Å². The third kappa shape index (κ3) is 7.50. The molecule has 226 valence electrons. The normalized spacial score (nSPS) is 22.4. The fourth-order valence-electron chi connectivity index (χ4n) is 4.16. The zero-order valence-corrected chi connectivity index (χ0v) is 24.3. The van der Waals surface area contributed by atoms with E-state index >= 15 is 0 Å². The Morgan fingerprint density at radius 1 is 1.14 bits per heavy atom. The molecular weight excluding hydrogens is 629 g/mol. The molecule has 1 aromatic carbocycles. The molecule has 0 aliphatic carbocycles. The fourth-order valence-corrected chi connectivity index (χ4v) is 6.24.